The van der Waals surface area contributed by atoms with Crippen molar-refractivity contribution in [3.05, 3.63) is 29.8 Å². The van der Waals surface area contributed by atoms with Crippen molar-refractivity contribution in [1.29, 1.82) is 0 Å². The molecular formula is C18H27NO5. The van der Waals surface area contributed by atoms with Gasteiger partial charge in [-0.05, 0) is 37.0 Å². The molecular weight excluding hydrogens is 310 g/mol. The summed E-state index contributed by atoms with van der Waals surface area (Å²) in [6.45, 7) is 5.95. The zero-order valence-corrected chi connectivity index (χ0v) is 14.7. The minimum Gasteiger partial charge on any atom is -0.497 e. The van der Waals surface area contributed by atoms with E-state index in [1.807, 2.05) is 38.1 Å². The van der Waals surface area contributed by atoms with Gasteiger partial charge in [-0.2, -0.15) is 0 Å². The molecule has 0 aliphatic rings. The molecule has 0 heterocycles. The number of rotatable bonds is 10. The van der Waals surface area contributed by atoms with Crippen LogP contribution in [0.4, 0.5) is 0 Å². The molecule has 1 amide bonds. The number of carboxylic acid groups (broad SMARTS) is 1. The molecule has 0 aromatic heterocycles. The minimum absolute atomic E-state index is 0.110. The van der Waals surface area contributed by atoms with Crippen LogP contribution in [0.15, 0.2) is 24.3 Å². The first-order valence-corrected chi connectivity index (χ1v) is 8.08. The normalized spacial score (nSPS) is 13.4. The molecule has 0 saturated heterocycles. The van der Waals surface area contributed by atoms with E-state index in [9.17, 15) is 14.7 Å². The summed E-state index contributed by atoms with van der Waals surface area (Å²) in [5.74, 6) is -0.808. The van der Waals surface area contributed by atoms with Gasteiger partial charge in [-0.25, -0.2) is 0 Å². The predicted molar refractivity (Wildman–Crippen MR) is 90.8 cm³/mol. The van der Waals surface area contributed by atoms with Gasteiger partial charge in [-0.1, -0.05) is 26.0 Å². The number of ether oxygens (including phenoxy) is 2. The van der Waals surface area contributed by atoms with Crippen LogP contribution in [0.25, 0.3) is 0 Å². The second-order valence-corrected chi connectivity index (χ2v) is 6.21. The summed E-state index contributed by atoms with van der Waals surface area (Å²) in [5, 5.41) is 11.8. The van der Waals surface area contributed by atoms with E-state index in [0.717, 1.165) is 11.3 Å². The average Bonchev–Trinajstić information content (AvgIpc) is 2.55. The second kappa shape index (κ2) is 9.93. The van der Waals surface area contributed by atoms with Gasteiger partial charge in [0.15, 0.2) is 0 Å². The van der Waals surface area contributed by atoms with Crippen molar-refractivity contribution in [3.63, 3.8) is 0 Å². The van der Waals surface area contributed by atoms with Gasteiger partial charge in [0.05, 0.1) is 19.6 Å². The van der Waals surface area contributed by atoms with E-state index in [2.05, 4.69) is 5.32 Å². The molecule has 0 radical (unpaired) electrons. The predicted octanol–water partition coefficient (Wildman–Crippen LogP) is 2.46. The maximum Gasteiger partial charge on any atom is 0.308 e. The Morgan fingerprint density at radius 3 is 2.54 bits per heavy atom. The summed E-state index contributed by atoms with van der Waals surface area (Å²) in [6, 6.07) is 7.41. The third-order valence-electron chi connectivity index (χ3n) is 3.63. The molecule has 24 heavy (non-hydrogen) atoms. The fourth-order valence-electron chi connectivity index (χ4n) is 2.27. The number of hydrogen-bond donors (Lipinski definition) is 2. The molecule has 6 nitrogen and oxygen atoms in total. The molecule has 1 aromatic carbocycles. The number of aliphatic carboxylic acids is 1. The molecule has 1 aromatic rings. The van der Waals surface area contributed by atoms with Crippen molar-refractivity contribution < 1.29 is 24.2 Å². The standard InChI is InChI=1S/C18H27NO5/c1-12(2)8-15(18(21)22)10-19-17(20)13(3)24-11-14-6-5-7-16(9-14)23-4/h5-7,9,12-13,15H,8,10-11H2,1-4H3,(H,19,20)(H,21,22). The largest absolute Gasteiger partial charge is 0.497 e. The van der Waals surface area contributed by atoms with E-state index in [1.54, 1.807) is 14.0 Å². The van der Waals surface area contributed by atoms with Crippen LogP contribution >= 0.6 is 0 Å². The molecule has 2 N–H and O–H groups in total. The molecule has 0 bridgehead atoms. The first-order chi connectivity index (χ1) is 11.3. The van der Waals surface area contributed by atoms with Crippen LogP contribution in [-0.2, 0) is 20.9 Å². The van der Waals surface area contributed by atoms with Crippen LogP contribution in [-0.4, -0.2) is 36.7 Å². The minimum atomic E-state index is -0.894. The lowest BCUT2D eigenvalue weighted by molar-refractivity contribution is -0.142. The van der Waals surface area contributed by atoms with Crippen molar-refractivity contribution in [2.24, 2.45) is 11.8 Å². The number of nitrogens with one attached hydrogen (secondary N) is 1. The Kier molecular flexibility index (Phi) is 8.26. The highest BCUT2D eigenvalue weighted by Crippen LogP contribution is 2.14. The van der Waals surface area contributed by atoms with Gasteiger partial charge in [0, 0.05) is 6.54 Å². The Morgan fingerprint density at radius 2 is 1.96 bits per heavy atom. The van der Waals surface area contributed by atoms with Crippen molar-refractivity contribution in [1.82, 2.24) is 5.32 Å². The molecule has 0 fully saturated rings. The van der Waals surface area contributed by atoms with Crippen molar-refractivity contribution in [2.75, 3.05) is 13.7 Å². The SMILES string of the molecule is COc1cccc(COC(C)C(=O)NCC(CC(C)C)C(=O)O)c1. The Hall–Kier alpha value is -2.08. The molecule has 0 saturated carbocycles. The Bertz CT molecular complexity index is 544. The van der Waals surface area contributed by atoms with Gasteiger partial charge in [0.2, 0.25) is 5.91 Å². The van der Waals surface area contributed by atoms with Crippen LogP contribution < -0.4 is 10.1 Å². The van der Waals surface area contributed by atoms with Crippen molar-refractivity contribution in [2.45, 2.75) is 39.9 Å². The van der Waals surface area contributed by atoms with E-state index < -0.39 is 18.0 Å². The lowest BCUT2D eigenvalue weighted by atomic mass is 9.97. The summed E-state index contributed by atoms with van der Waals surface area (Å²) in [7, 11) is 1.59. The van der Waals surface area contributed by atoms with Crippen LogP contribution in [0.2, 0.25) is 0 Å². The lowest BCUT2D eigenvalue weighted by Crippen LogP contribution is -2.39. The number of carbonyl (C=O) groups is 2. The summed E-state index contributed by atoms with van der Waals surface area (Å²) in [5.41, 5.74) is 0.900. The van der Waals surface area contributed by atoms with Crippen LogP contribution in [0.5, 0.6) is 5.75 Å². The number of carbonyl (C=O) groups excluding carboxylic acids is 1. The average molecular weight is 337 g/mol. The Balaban J connectivity index is 2.44. The summed E-state index contributed by atoms with van der Waals surface area (Å²) >= 11 is 0. The fourth-order valence-corrected chi connectivity index (χ4v) is 2.27. The van der Waals surface area contributed by atoms with Gasteiger partial charge in [-0.15, -0.1) is 0 Å². The fraction of sp³-hybridized carbons (Fsp3) is 0.556. The molecule has 2 unspecified atom stereocenters. The van der Waals surface area contributed by atoms with E-state index in [4.69, 9.17) is 9.47 Å². The monoisotopic (exact) mass is 337 g/mol. The first-order valence-electron chi connectivity index (χ1n) is 8.08. The van der Waals surface area contributed by atoms with Gasteiger partial charge in [0.1, 0.15) is 11.9 Å². The van der Waals surface area contributed by atoms with Gasteiger partial charge in [0.25, 0.3) is 0 Å². The van der Waals surface area contributed by atoms with Crippen LogP contribution in [0.1, 0.15) is 32.8 Å². The number of amides is 1. The Morgan fingerprint density at radius 1 is 1.25 bits per heavy atom. The highest BCUT2D eigenvalue weighted by Gasteiger charge is 2.21. The van der Waals surface area contributed by atoms with Gasteiger partial charge < -0.3 is 19.9 Å². The Labute approximate surface area is 143 Å². The highest BCUT2D eigenvalue weighted by molar-refractivity contribution is 5.81. The molecule has 134 valence electrons. The number of methoxy groups -OCH3 is 1. The number of benzene rings is 1. The van der Waals surface area contributed by atoms with Crippen molar-refractivity contribution in [3.8, 4) is 5.75 Å². The maximum atomic E-state index is 12.0. The zero-order chi connectivity index (χ0) is 18.1. The highest BCUT2D eigenvalue weighted by atomic mass is 16.5. The van der Waals surface area contributed by atoms with E-state index in [1.165, 1.54) is 0 Å². The van der Waals surface area contributed by atoms with Crippen molar-refractivity contribution >= 4 is 11.9 Å². The molecule has 6 heteroatoms. The van der Waals surface area contributed by atoms with Crippen LogP contribution in [0, 0.1) is 11.8 Å². The molecule has 0 spiro atoms. The third-order valence-corrected chi connectivity index (χ3v) is 3.63. The summed E-state index contributed by atoms with van der Waals surface area (Å²) < 4.78 is 10.7. The zero-order valence-electron chi connectivity index (χ0n) is 14.7. The smallest absolute Gasteiger partial charge is 0.308 e. The summed E-state index contributed by atoms with van der Waals surface area (Å²) in [6.07, 6.45) is -0.140. The topological polar surface area (TPSA) is 84.9 Å². The van der Waals surface area contributed by atoms with Gasteiger partial charge in [-0.3, -0.25) is 9.59 Å². The lowest BCUT2D eigenvalue weighted by Gasteiger charge is -2.18. The van der Waals surface area contributed by atoms with Gasteiger partial charge >= 0.3 is 5.97 Å². The number of carboxylic acids is 1. The van der Waals surface area contributed by atoms with Crippen LogP contribution in [0.3, 0.4) is 0 Å². The third kappa shape index (κ3) is 7.00. The molecule has 2 atom stereocenters. The molecule has 0 aliphatic carbocycles. The van der Waals surface area contributed by atoms with E-state index >= 15 is 0 Å². The quantitative estimate of drug-likeness (QED) is 0.685. The van der Waals surface area contributed by atoms with E-state index in [-0.39, 0.29) is 25.0 Å². The maximum absolute atomic E-state index is 12.0. The molecule has 0 aliphatic heterocycles. The summed E-state index contributed by atoms with van der Waals surface area (Å²) in [4.78, 5) is 23.2. The number of hydrogen-bond acceptors (Lipinski definition) is 4. The second-order valence-electron chi connectivity index (χ2n) is 6.21. The first kappa shape index (κ1) is 20.0. The van der Waals surface area contributed by atoms with E-state index in [0.29, 0.717) is 6.42 Å². The molecule has 1 rings (SSSR count).